The van der Waals surface area contributed by atoms with Crippen molar-refractivity contribution in [3.63, 3.8) is 0 Å². The maximum atomic E-state index is 5.75. The van der Waals surface area contributed by atoms with Gasteiger partial charge in [0.1, 0.15) is 0 Å². The minimum Gasteiger partial charge on any atom is -0.369 e. The van der Waals surface area contributed by atoms with E-state index in [0.29, 0.717) is 0 Å². The van der Waals surface area contributed by atoms with E-state index < -0.39 is 0 Å². The monoisotopic (exact) mass is 276 g/mol. The lowest BCUT2D eigenvalue weighted by atomic mass is 9.92. The van der Waals surface area contributed by atoms with E-state index in [1.807, 2.05) is 18.2 Å². The molecule has 2 aromatic carbocycles. The molecule has 0 spiro atoms. The Morgan fingerprint density at radius 1 is 0.905 bits per heavy atom. The molecule has 1 atom stereocenters. The second kappa shape index (κ2) is 6.47. The summed E-state index contributed by atoms with van der Waals surface area (Å²) in [5.41, 5.74) is 3.64. The second-order valence-corrected chi connectivity index (χ2v) is 5.34. The first kappa shape index (κ1) is 13.7. The van der Waals surface area contributed by atoms with Crippen LogP contribution in [0.15, 0.2) is 54.6 Å². The van der Waals surface area contributed by atoms with Gasteiger partial charge in [-0.2, -0.15) is 0 Å². The molecule has 0 amide bonds. The molecule has 1 unspecified atom stereocenters. The summed E-state index contributed by atoms with van der Waals surface area (Å²) in [5.74, 6) is 2.94. The number of anilines is 1. The van der Waals surface area contributed by atoms with Crippen molar-refractivity contribution in [1.29, 1.82) is 0 Å². The summed E-state index contributed by atoms with van der Waals surface area (Å²) in [6, 6.07) is 19.0. The summed E-state index contributed by atoms with van der Waals surface area (Å²) >= 11 is 0. The van der Waals surface area contributed by atoms with Crippen molar-refractivity contribution in [2.24, 2.45) is 0 Å². The highest BCUT2D eigenvalue weighted by Crippen LogP contribution is 2.26. The van der Waals surface area contributed by atoms with Crippen LogP contribution in [0.5, 0.6) is 0 Å². The van der Waals surface area contributed by atoms with Gasteiger partial charge in [-0.3, -0.25) is 0 Å². The van der Waals surface area contributed by atoms with Gasteiger partial charge in [0.2, 0.25) is 0 Å². The Balaban J connectivity index is 1.81. The van der Waals surface area contributed by atoms with Crippen LogP contribution in [-0.2, 0) is 0 Å². The molecule has 2 aromatic rings. The van der Waals surface area contributed by atoms with Gasteiger partial charge in [0.25, 0.3) is 0 Å². The third-order valence-corrected chi connectivity index (χ3v) is 4.01. The van der Waals surface area contributed by atoms with E-state index in [9.17, 15) is 0 Å². The van der Waals surface area contributed by atoms with Gasteiger partial charge in [-0.15, -0.1) is 6.42 Å². The van der Waals surface area contributed by atoms with Gasteiger partial charge in [0.15, 0.2) is 0 Å². The lowest BCUT2D eigenvalue weighted by Crippen LogP contribution is -2.43. The van der Waals surface area contributed by atoms with E-state index >= 15 is 0 Å². The molecule has 1 aliphatic rings. The average molecular weight is 276 g/mol. The molecule has 0 aromatic heterocycles. The normalized spacial score (nSPS) is 16.2. The van der Waals surface area contributed by atoms with Gasteiger partial charge >= 0.3 is 0 Å². The number of nitrogens with zero attached hydrogens (tertiary/aromatic N) is 1. The zero-order chi connectivity index (χ0) is 14.5. The predicted molar refractivity (Wildman–Crippen MR) is 88.6 cm³/mol. The van der Waals surface area contributed by atoms with Gasteiger partial charge in [-0.1, -0.05) is 48.4 Å². The highest BCUT2D eigenvalue weighted by molar-refractivity contribution is 5.51. The van der Waals surface area contributed by atoms with E-state index in [1.165, 1.54) is 16.8 Å². The lowest BCUT2D eigenvalue weighted by Gasteiger charge is -2.29. The molecule has 2 nitrogen and oxygen atoms in total. The largest absolute Gasteiger partial charge is 0.369 e. The maximum absolute atomic E-state index is 5.75. The van der Waals surface area contributed by atoms with Crippen molar-refractivity contribution in [3.8, 4) is 12.3 Å². The van der Waals surface area contributed by atoms with Crippen LogP contribution in [-0.4, -0.2) is 26.2 Å². The lowest BCUT2D eigenvalue weighted by molar-refractivity contribution is 0.589. The summed E-state index contributed by atoms with van der Waals surface area (Å²) in [6.07, 6.45) is 5.75. The summed E-state index contributed by atoms with van der Waals surface area (Å²) in [7, 11) is 0. The fraction of sp³-hybridized carbons (Fsp3) is 0.263. The van der Waals surface area contributed by atoms with Crippen LogP contribution in [0.3, 0.4) is 0 Å². The fourth-order valence-electron chi connectivity index (χ4n) is 2.83. The number of nitrogens with one attached hydrogen (secondary N) is 1. The Kier molecular flexibility index (Phi) is 4.23. The maximum Gasteiger partial charge on any atom is 0.0699 e. The first-order valence-electron chi connectivity index (χ1n) is 7.45. The minimum absolute atomic E-state index is 0.0308. The molecule has 1 fully saturated rings. The molecule has 21 heavy (non-hydrogen) atoms. The molecule has 0 bridgehead atoms. The van der Waals surface area contributed by atoms with Crippen molar-refractivity contribution in [2.75, 3.05) is 31.1 Å². The molecule has 1 aliphatic heterocycles. The Morgan fingerprint density at radius 3 is 2.14 bits per heavy atom. The third kappa shape index (κ3) is 3.09. The molecule has 1 saturated heterocycles. The molecule has 1 N–H and O–H groups in total. The van der Waals surface area contributed by atoms with Crippen LogP contribution >= 0.6 is 0 Å². The molecule has 3 rings (SSSR count). The summed E-state index contributed by atoms with van der Waals surface area (Å²) in [6.45, 7) is 4.24. The Labute approximate surface area is 126 Å². The number of hydrogen-bond acceptors (Lipinski definition) is 2. The fourth-order valence-corrected chi connectivity index (χ4v) is 2.83. The quantitative estimate of drug-likeness (QED) is 0.867. The summed E-state index contributed by atoms with van der Waals surface area (Å²) < 4.78 is 0. The smallest absolute Gasteiger partial charge is 0.0699 e. The number of hydrogen-bond donors (Lipinski definition) is 1. The van der Waals surface area contributed by atoms with Crippen molar-refractivity contribution < 1.29 is 0 Å². The van der Waals surface area contributed by atoms with Crippen molar-refractivity contribution in [2.45, 2.75) is 5.92 Å². The van der Waals surface area contributed by atoms with Gasteiger partial charge in [-0.05, 0) is 23.3 Å². The van der Waals surface area contributed by atoms with E-state index in [0.717, 1.165) is 26.2 Å². The predicted octanol–water partition coefficient (Wildman–Crippen LogP) is 2.86. The van der Waals surface area contributed by atoms with Crippen LogP contribution in [0.1, 0.15) is 17.0 Å². The Morgan fingerprint density at radius 2 is 1.52 bits per heavy atom. The van der Waals surface area contributed by atoms with Gasteiger partial charge in [0, 0.05) is 31.9 Å². The molecule has 2 heteroatoms. The van der Waals surface area contributed by atoms with Crippen LogP contribution < -0.4 is 10.2 Å². The van der Waals surface area contributed by atoms with Crippen molar-refractivity contribution in [1.82, 2.24) is 5.32 Å². The number of terminal acetylenes is 1. The first-order valence-corrected chi connectivity index (χ1v) is 7.45. The highest BCUT2D eigenvalue weighted by Gasteiger charge is 2.13. The van der Waals surface area contributed by atoms with E-state index in [2.05, 4.69) is 52.5 Å². The SMILES string of the molecule is C#CC(c1ccccc1)c1ccc(N2CCNCC2)cc1. The summed E-state index contributed by atoms with van der Waals surface area (Å²) in [4.78, 5) is 2.41. The highest BCUT2D eigenvalue weighted by atomic mass is 15.2. The molecule has 106 valence electrons. The number of piperazine rings is 1. The molecule has 1 heterocycles. The molecule has 0 saturated carbocycles. The van der Waals surface area contributed by atoms with Crippen LogP contribution in [0, 0.1) is 12.3 Å². The number of benzene rings is 2. The zero-order valence-electron chi connectivity index (χ0n) is 12.1. The van der Waals surface area contributed by atoms with Gasteiger partial charge < -0.3 is 10.2 Å². The summed E-state index contributed by atoms with van der Waals surface area (Å²) in [5, 5.41) is 3.38. The Hall–Kier alpha value is -2.24. The van der Waals surface area contributed by atoms with Gasteiger partial charge in [-0.25, -0.2) is 0 Å². The third-order valence-electron chi connectivity index (χ3n) is 4.01. The van der Waals surface area contributed by atoms with Gasteiger partial charge in [0.05, 0.1) is 5.92 Å². The second-order valence-electron chi connectivity index (χ2n) is 5.34. The van der Waals surface area contributed by atoms with Crippen LogP contribution in [0.25, 0.3) is 0 Å². The van der Waals surface area contributed by atoms with E-state index in [1.54, 1.807) is 0 Å². The minimum atomic E-state index is 0.0308. The standard InChI is InChI=1S/C19H20N2/c1-2-19(16-6-4-3-5-7-16)17-8-10-18(11-9-17)21-14-12-20-13-15-21/h1,3-11,19-20H,12-15H2. The first-order chi connectivity index (χ1) is 10.4. The molecule has 0 aliphatic carbocycles. The van der Waals surface area contributed by atoms with Crippen LogP contribution in [0.4, 0.5) is 5.69 Å². The van der Waals surface area contributed by atoms with Crippen molar-refractivity contribution in [3.05, 3.63) is 65.7 Å². The van der Waals surface area contributed by atoms with E-state index in [-0.39, 0.29) is 5.92 Å². The van der Waals surface area contributed by atoms with E-state index in [4.69, 9.17) is 6.42 Å². The zero-order valence-corrected chi connectivity index (χ0v) is 12.1. The molecular formula is C19H20N2. The molecular weight excluding hydrogens is 256 g/mol. The number of rotatable bonds is 3. The topological polar surface area (TPSA) is 15.3 Å². The Bertz CT molecular complexity index is 604. The van der Waals surface area contributed by atoms with Crippen LogP contribution in [0.2, 0.25) is 0 Å². The average Bonchev–Trinajstić information content (AvgIpc) is 2.58. The molecule has 0 radical (unpaired) electrons. The van der Waals surface area contributed by atoms with Crippen molar-refractivity contribution >= 4 is 5.69 Å².